The van der Waals surface area contributed by atoms with Gasteiger partial charge < -0.3 is 9.80 Å². The molecule has 4 nitrogen and oxygen atoms in total. The summed E-state index contributed by atoms with van der Waals surface area (Å²) in [5.41, 5.74) is 1.97. The fourth-order valence-electron chi connectivity index (χ4n) is 5.21. The molecular weight excluding hydrogens is 308 g/mol. The second kappa shape index (κ2) is 6.08. The molecule has 25 heavy (non-hydrogen) atoms. The third-order valence-corrected chi connectivity index (χ3v) is 7.25. The summed E-state index contributed by atoms with van der Waals surface area (Å²) in [6, 6.07) is 7.58. The molecule has 3 fully saturated rings. The van der Waals surface area contributed by atoms with Crippen LogP contribution in [0.15, 0.2) is 28.2 Å². The van der Waals surface area contributed by atoms with E-state index in [1.807, 2.05) is 0 Å². The van der Waals surface area contributed by atoms with Gasteiger partial charge in [-0.2, -0.15) is 0 Å². The highest BCUT2D eigenvalue weighted by Gasteiger charge is 2.39. The van der Waals surface area contributed by atoms with E-state index < -0.39 is 0 Å². The molecule has 0 radical (unpaired) electrons. The van der Waals surface area contributed by atoms with Crippen molar-refractivity contribution in [1.82, 2.24) is 4.90 Å². The van der Waals surface area contributed by atoms with E-state index in [1.165, 1.54) is 76.8 Å². The van der Waals surface area contributed by atoms with Gasteiger partial charge in [-0.3, -0.25) is 9.98 Å². The number of anilines is 1. The molecule has 0 amide bonds. The largest absolute Gasteiger partial charge is 0.371 e. The zero-order valence-corrected chi connectivity index (χ0v) is 15.5. The van der Waals surface area contributed by atoms with Gasteiger partial charge in [0.15, 0.2) is 0 Å². The quantitative estimate of drug-likeness (QED) is 0.830. The second-order valence-corrected chi connectivity index (χ2v) is 8.67. The molecule has 5 rings (SSSR count). The summed E-state index contributed by atoms with van der Waals surface area (Å²) >= 11 is 0. The average Bonchev–Trinajstić information content (AvgIpc) is 2.95. The van der Waals surface area contributed by atoms with Crippen molar-refractivity contribution in [2.75, 3.05) is 31.1 Å². The first-order chi connectivity index (χ1) is 12.2. The zero-order chi connectivity index (χ0) is 16.9. The number of hydrogen-bond acceptors (Lipinski definition) is 4. The monoisotopic (exact) mass is 338 g/mol. The van der Waals surface area contributed by atoms with E-state index in [2.05, 4.69) is 44.9 Å². The molecule has 0 N–H and O–H groups in total. The lowest BCUT2D eigenvalue weighted by Gasteiger charge is -2.50. The number of benzene rings is 1. The predicted molar refractivity (Wildman–Crippen MR) is 101 cm³/mol. The minimum atomic E-state index is 0.0933. The molecule has 3 aliphatic heterocycles. The lowest BCUT2D eigenvalue weighted by atomic mass is 9.70. The van der Waals surface area contributed by atoms with Gasteiger partial charge in [-0.1, -0.05) is 6.42 Å². The van der Waals surface area contributed by atoms with E-state index >= 15 is 0 Å². The smallest absolute Gasteiger partial charge is 0.138 e. The van der Waals surface area contributed by atoms with Gasteiger partial charge >= 0.3 is 0 Å². The average molecular weight is 338 g/mol. The molecular formula is C21H30N4. The normalized spacial score (nSPS) is 29.0. The highest BCUT2D eigenvalue weighted by atomic mass is 15.2. The maximum Gasteiger partial charge on any atom is 0.138 e. The number of rotatable bonds is 2. The van der Waals surface area contributed by atoms with Crippen LogP contribution in [0.1, 0.15) is 51.9 Å². The second-order valence-electron chi connectivity index (χ2n) is 8.67. The number of likely N-dealkylation sites (tertiary alicyclic amines) is 1. The van der Waals surface area contributed by atoms with E-state index in [9.17, 15) is 0 Å². The Morgan fingerprint density at radius 2 is 1.60 bits per heavy atom. The molecule has 2 saturated heterocycles. The van der Waals surface area contributed by atoms with Crippen molar-refractivity contribution in [1.29, 1.82) is 0 Å². The van der Waals surface area contributed by atoms with Gasteiger partial charge in [-0.15, -0.1) is 0 Å². The Morgan fingerprint density at radius 1 is 0.920 bits per heavy atom. The number of fused-ring (bicyclic) bond motifs is 1. The van der Waals surface area contributed by atoms with Crippen molar-refractivity contribution in [3.05, 3.63) is 28.9 Å². The molecule has 1 unspecified atom stereocenters. The Hall–Kier alpha value is -1.42. The molecule has 3 heterocycles. The van der Waals surface area contributed by atoms with Crippen LogP contribution in [0.5, 0.6) is 0 Å². The van der Waals surface area contributed by atoms with Crippen LogP contribution in [0.25, 0.3) is 0 Å². The van der Waals surface area contributed by atoms with E-state index in [0.29, 0.717) is 5.41 Å². The number of piperidine rings is 2. The maximum absolute atomic E-state index is 4.63. The van der Waals surface area contributed by atoms with Crippen LogP contribution < -0.4 is 15.6 Å². The van der Waals surface area contributed by atoms with Crippen molar-refractivity contribution in [3.63, 3.8) is 0 Å². The van der Waals surface area contributed by atoms with Crippen molar-refractivity contribution in [3.8, 4) is 0 Å². The summed E-state index contributed by atoms with van der Waals surface area (Å²) in [7, 11) is 0. The third kappa shape index (κ3) is 2.88. The molecule has 134 valence electrons. The SMILES string of the molecule is CC1N=c2ccc(N3CCC4(CC3)CCN(C3CCC3)CC4)cc2=N1. The lowest BCUT2D eigenvalue weighted by Crippen LogP contribution is -2.51. The number of hydrogen-bond donors (Lipinski definition) is 0. The molecule has 1 aromatic rings. The van der Waals surface area contributed by atoms with E-state index in [-0.39, 0.29) is 6.17 Å². The fourth-order valence-corrected chi connectivity index (χ4v) is 5.21. The fraction of sp³-hybridized carbons (Fsp3) is 0.714. The summed E-state index contributed by atoms with van der Waals surface area (Å²) in [6.45, 7) is 7.16. The van der Waals surface area contributed by atoms with Crippen molar-refractivity contribution >= 4 is 5.69 Å². The molecule has 4 aliphatic rings. The maximum atomic E-state index is 4.63. The molecule has 4 heteroatoms. The summed E-state index contributed by atoms with van der Waals surface area (Å²) in [6.07, 6.45) is 10.0. The van der Waals surface area contributed by atoms with E-state index in [0.717, 1.165) is 16.8 Å². The van der Waals surface area contributed by atoms with Gasteiger partial charge in [0, 0.05) is 24.8 Å². The highest BCUT2D eigenvalue weighted by Crippen LogP contribution is 2.43. The molecule has 1 saturated carbocycles. The highest BCUT2D eigenvalue weighted by molar-refractivity contribution is 5.46. The first-order valence-corrected chi connectivity index (χ1v) is 10.3. The lowest BCUT2D eigenvalue weighted by molar-refractivity contribution is 0.0306. The minimum absolute atomic E-state index is 0.0933. The molecule has 1 aromatic carbocycles. The van der Waals surface area contributed by atoms with Crippen molar-refractivity contribution < 1.29 is 0 Å². The van der Waals surface area contributed by atoms with E-state index in [4.69, 9.17) is 0 Å². The van der Waals surface area contributed by atoms with Crippen LogP contribution in [0.2, 0.25) is 0 Å². The van der Waals surface area contributed by atoms with Crippen LogP contribution in [-0.2, 0) is 0 Å². The predicted octanol–water partition coefficient (Wildman–Crippen LogP) is 2.52. The molecule has 0 bridgehead atoms. The van der Waals surface area contributed by atoms with Crippen LogP contribution >= 0.6 is 0 Å². The van der Waals surface area contributed by atoms with Crippen molar-refractivity contribution in [2.45, 2.75) is 64.1 Å². The van der Waals surface area contributed by atoms with Gasteiger partial charge in [0.05, 0.1) is 10.7 Å². The van der Waals surface area contributed by atoms with Crippen LogP contribution in [0.4, 0.5) is 5.69 Å². The van der Waals surface area contributed by atoms with Gasteiger partial charge in [0.25, 0.3) is 0 Å². The summed E-state index contributed by atoms with van der Waals surface area (Å²) in [4.78, 5) is 14.5. The Balaban J connectivity index is 1.23. The van der Waals surface area contributed by atoms with Crippen LogP contribution in [0.3, 0.4) is 0 Å². The summed E-state index contributed by atoms with van der Waals surface area (Å²) in [5, 5.41) is 2.15. The van der Waals surface area contributed by atoms with E-state index in [1.54, 1.807) is 0 Å². The van der Waals surface area contributed by atoms with Crippen LogP contribution in [-0.4, -0.2) is 43.3 Å². The minimum Gasteiger partial charge on any atom is -0.371 e. The summed E-state index contributed by atoms with van der Waals surface area (Å²) in [5.74, 6) is 0. The topological polar surface area (TPSA) is 31.2 Å². The Bertz CT molecular complexity index is 749. The van der Waals surface area contributed by atoms with Gasteiger partial charge in [-0.25, -0.2) is 0 Å². The van der Waals surface area contributed by atoms with Gasteiger partial charge in [-0.05, 0) is 82.2 Å². The molecule has 1 atom stereocenters. The molecule has 1 spiro atoms. The molecule has 0 aromatic heterocycles. The number of nitrogens with zero attached hydrogens (tertiary/aromatic N) is 4. The van der Waals surface area contributed by atoms with Crippen LogP contribution in [0, 0.1) is 5.41 Å². The Morgan fingerprint density at radius 3 is 2.28 bits per heavy atom. The molecule has 1 aliphatic carbocycles. The Labute approximate surface area is 150 Å². The first-order valence-electron chi connectivity index (χ1n) is 10.3. The Kier molecular flexibility index (Phi) is 3.85. The van der Waals surface area contributed by atoms with Gasteiger partial charge in [0.2, 0.25) is 0 Å². The third-order valence-electron chi connectivity index (χ3n) is 7.25. The first kappa shape index (κ1) is 15.8. The van der Waals surface area contributed by atoms with Crippen molar-refractivity contribution in [2.24, 2.45) is 15.4 Å². The zero-order valence-electron chi connectivity index (χ0n) is 15.5. The standard InChI is InChI=1S/C21H30N4/c1-16-22-19-6-5-18(15-20(19)23-16)25-13-9-21(10-14-25)7-11-24(12-8-21)17-3-2-4-17/h5-6,15-17H,2-4,7-14H2,1H3. The van der Waals surface area contributed by atoms with Gasteiger partial charge in [0.1, 0.15) is 6.17 Å². The summed E-state index contributed by atoms with van der Waals surface area (Å²) < 4.78 is 0.